The van der Waals surface area contributed by atoms with E-state index in [0.29, 0.717) is 5.41 Å². The van der Waals surface area contributed by atoms with Crippen LogP contribution in [0.5, 0.6) is 0 Å². The number of hydrogen-bond donors (Lipinski definition) is 1. The van der Waals surface area contributed by atoms with E-state index >= 15 is 0 Å². The van der Waals surface area contributed by atoms with Crippen molar-refractivity contribution in [1.82, 2.24) is 5.32 Å². The summed E-state index contributed by atoms with van der Waals surface area (Å²) in [4.78, 5) is 0. The molecule has 2 fully saturated rings. The lowest BCUT2D eigenvalue weighted by Crippen LogP contribution is -2.26. The summed E-state index contributed by atoms with van der Waals surface area (Å²) >= 11 is 0. The van der Waals surface area contributed by atoms with Crippen LogP contribution in [0.2, 0.25) is 0 Å². The smallest absolute Gasteiger partial charge is 0.0468 e. The van der Waals surface area contributed by atoms with Crippen LogP contribution in [0.3, 0.4) is 0 Å². The van der Waals surface area contributed by atoms with E-state index < -0.39 is 0 Å². The molecule has 2 aliphatic rings. The molecule has 1 aliphatic heterocycles. The van der Waals surface area contributed by atoms with Crippen molar-refractivity contribution in [3.05, 3.63) is 0 Å². The average Bonchev–Trinajstić information content (AvgIpc) is 2.61. The van der Waals surface area contributed by atoms with Gasteiger partial charge in [-0.25, -0.2) is 0 Å². The molecular weight excluding hydrogens is 186 g/mol. The standard InChI is InChI=1S/C13H25NO/c1-13(6-3-12(10-13)14-2)9-11-4-7-15-8-5-11/h11-12,14H,3-10H2,1-2H3. The Morgan fingerprint density at radius 2 is 2.00 bits per heavy atom. The second-order valence-electron chi connectivity index (χ2n) is 5.80. The van der Waals surface area contributed by atoms with Crippen molar-refractivity contribution in [3.8, 4) is 0 Å². The maximum atomic E-state index is 5.43. The Morgan fingerprint density at radius 1 is 1.27 bits per heavy atom. The van der Waals surface area contributed by atoms with Gasteiger partial charge in [0.2, 0.25) is 0 Å². The van der Waals surface area contributed by atoms with Gasteiger partial charge >= 0.3 is 0 Å². The van der Waals surface area contributed by atoms with Gasteiger partial charge < -0.3 is 10.1 Å². The molecule has 0 amide bonds. The van der Waals surface area contributed by atoms with Crippen LogP contribution in [0.15, 0.2) is 0 Å². The van der Waals surface area contributed by atoms with Gasteiger partial charge in [-0.2, -0.15) is 0 Å². The summed E-state index contributed by atoms with van der Waals surface area (Å²) in [6.07, 6.45) is 8.17. The SMILES string of the molecule is CNC1CCC(C)(CC2CCOCC2)C1. The summed E-state index contributed by atoms with van der Waals surface area (Å²) < 4.78 is 5.43. The molecule has 88 valence electrons. The predicted molar refractivity (Wildman–Crippen MR) is 63.0 cm³/mol. The molecule has 0 bridgehead atoms. The summed E-state index contributed by atoms with van der Waals surface area (Å²) in [6.45, 7) is 4.48. The van der Waals surface area contributed by atoms with Crippen molar-refractivity contribution in [2.24, 2.45) is 11.3 Å². The summed E-state index contributed by atoms with van der Waals surface area (Å²) in [5.74, 6) is 0.930. The highest BCUT2D eigenvalue weighted by atomic mass is 16.5. The molecule has 1 aliphatic carbocycles. The Balaban J connectivity index is 1.82. The van der Waals surface area contributed by atoms with Crippen LogP contribution in [0.25, 0.3) is 0 Å². The van der Waals surface area contributed by atoms with Crippen molar-refractivity contribution in [3.63, 3.8) is 0 Å². The largest absolute Gasteiger partial charge is 0.381 e. The molecule has 0 spiro atoms. The highest BCUT2D eigenvalue weighted by molar-refractivity contribution is 4.90. The first-order valence-electron chi connectivity index (χ1n) is 6.47. The van der Waals surface area contributed by atoms with Gasteiger partial charge in [0.05, 0.1) is 0 Å². The van der Waals surface area contributed by atoms with Gasteiger partial charge in [0.25, 0.3) is 0 Å². The van der Waals surface area contributed by atoms with Crippen molar-refractivity contribution in [2.45, 2.75) is 51.5 Å². The monoisotopic (exact) mass is 211 g/mol. The molecule has 2 atom stereocenters. The quantitative estimate of drug-likeness (QED) is 0.774. The fourth-order valence-electron chi connectivity index (χ4n) is 3.40. The second-order valence-corrected chi connectivity index (χ2v) is 5.80. The Morgan fingerprint density at radius 3 is 2.60 bits per heavy atom. The normalized spacial score (nSPS) is 38.4. The molecule has 1 heterocycles. The molecular formula is C13H25NO. The van der Waals surface area contributed by atoms with Crippen LogP contribution in [-0.2, 0) is 4.74 Å². The van der Waals surface area contributed by atoms with Crippen molar-refractivity contribution < 1.29 is 4.74 Å². The third kappa shape index (κ3) is 2.94. The van der Waals surface area contributed by atoms with Gasteiger partial charge in [-0.1, -0.05) is 6.92 Å². The molecule has 2 heteroatoms. The van der Waals surface area contributed by atoms with E-state index in [9.17, 15) is 0 Å². The van der Waals surface area contributed by atoms with Crippen LogP contribution in [-0.4, -0.2) is 26.3 Å². The van der Waals surface area contributed by atoms with Gasteiger partial charge in [0.1, 0.15) is 0 Å². The van der Waals surface area contributed by atoms with E-state index in [2.05, 4.69) is 19.3 Å². The zero-order chi connectivity index (χ0) is 10.7. The number of hydrogen-bond acceptors (Lipinski definition) is 2. The van der Waals surface area contributed by atoms with E-state index in [1.54, 1.807) is 0 Å². The maximum Gasteiger partial charge on any atom is 0.0468 e. The van der Waals surface area contributed by atoms with Gasteiger partial charge in [-0.05, 0) is 56.9 Å². The first-order valence-corrected chi connectivity index (χ1v) is 6.47. The Bertz CT molecular complexity index is 201. The molecule has 0 aromatic rings. The lowest BCUT2D eigenvalue weighted by Gasteiger charge is -2.31. The van der Waals surface area contributed by atoms with Crippen LogP contribution < -0.4 is 5.32 Å². The molecule has 0 aromatic carbocycles. The van der Waals surface area contributed by atoms with Crippen LogP contribution in [0, 0.1) is 11.3 Å². The van der Waals surface area contributed by atoms with Gasteiger partial charge in [0.15, 0.2) is 0 Å². The lowest BCUT2D eigenvalue weighted by atomic mass is 9.77. The zero-order valence-electron chi connectivity index (χ0n) is 10.2. The number of ether oxygens (including phenoxy) is 1. The third-order valence-corrected chi connectivity index (χ3v) is 4.37. The van der Waals surface area contributed by atoms with Gasteiger partial charge in [-0.3, -0.25) is 0 Å². The minimum atomic E-state index is 0.607. The van der Waals surface area contributed by atoms with E-state index in [4.69, 9.17) is 4.74 Å². The van der Waals surface area contributed by atoms with Crippen molar-refractivity contribution >= 4 is 0 Å². The van der Waals surface area contributed by atoms with Crippen molar-refractivity contribution in [1.29, 1.82) is 0 Å². The molecule has 1 N–H and O–H groups in total. The second kappa shape index (κ2) is 4.84. The molecule has 0 radical (unpaired) electrons. The zero-order valence-corrected chi connectivity index (χ0v) is 10.2. The molecule has 15 heavy (non-hydrogen) atoms. The van der Waals surface area contributed by atoms with Gasteiger partial charge in [0, 0.05) is 19.3 Å². The number of rotatable bonds is 3. The first-order chi connectivity index (χ1) is 7.22. The minimum absolute atomic E-state index is 0.607. The highest BCUT2D eigenvalue weighted by Crippen LogP contribution is 2.44. The number of nitrogens with one attached hydrogen (secondary N) is 1. The first kappa shape index (κ1) is 11.4. The summed E-state index contributed by atoms with van der Waals surface area (Å²) in [5.41, 5.74) is 0.607. The average molecular weight is 211 g/mol. The maximum absolute atomic E-state index is 5.43. The lowest BCUT2D eigenvalue weighted by molar-refractivity contribution is 0.0495. The minimum Gasteiger partial charge on any atom is -0.381 e. The van der Waals surface area contributed by atoms with Gasteiger partial charge in [-0.15, -0.1) is 0 Å². The molecule has 2 rings (SSSR count). The van der Waals surface area contributed by atoms with E-state index in [0.717, 1.165) is 25.2 Å². The van der Waals surface area contributed by atoms with E-state index in [-0.39, 0.29) is 0 Å². The molecule has 2 nitrogen and oxygen atoms in total. The van der Waals surface area contributed by atoms with Crippen LogP contribution >= 0.6 is 0 Å². The molecule has 1 saturated heterocycles. The van der Waals surface area contributed by atoms with E-state index in [1.165, 1.54) is 38.5 Å². The summed E-state index contributed by atoms with van der Waals surface area (Å²) in [6, 6.07) is 0.773. The fourth-order valence-corrected chi connectivity index (χ4v) is 3.40. The molecule has 0 aromatic heterocycles. The fraction of sp³-hybridized carbons (Fsp3) is 1.00. The summed E-state index contributed by atoms with van der Waals surface area (Å²) in [7, 11) is 2.10. The van der Waals surface area contributed by atoms with Crippen molar-refractivity contribution in [2.75, 3.05) is 20.3 Å². The Labute approximate surface area is 93.8 Å². The Hall–Kier alpha value is -0.0800. The molecule has 1 saturated carbocycles. The van der Waals surface area contributed by atoms with Crippen LogP contribution in [0.1, 0.15) is 45.4 Å². The third-order valence-electron chi connectivity index (χ3n) is 4.37. The summed E-state index contributed by atoms with van der Waals surface area (Å²) in [5, 5.41) is 3.43. The molecule has 2 unspecified atom stereocenters. The predicted octanol–water partition coefficient (Wildman–Crippen LogP) is 2.58. The van der Waals surface area contributed by atoms with Crippen LogP contribution in [0.4, 0.5) is 0 Å². The Kier molecular flexibility index (Phi) is 3.68. The van der Waals surface area contributed by atoms with E-state index in [1.807, 2.05) is 0 Å². The highest BCUT2D eigenvalue weighted by Gasteiger charge is 2.36. The topological polar surface area (TPSA) is 21.3 Å².